The molecule has 16 heavy (non-hydrogen) atoms. The van der Waals surface area contributed by atoms with Crippen LogP contribution >= 0.6 is 11.6 Å². The Kier molecular flexibility index (Phi) is 4.33. The zero-order valence-corrected chi connectivity index (χ0v) is 9.97. The molecule has 3 nitrogen and oxygen atoms in total. The number of rotatable bonds is 3. The van der Waals surface area contributed by atoms with Gasteiger partial charge in [0.05, 0.1) is 24.7 Å². The van der Waals surface area contributed by atoms with Crippen LogP contribution in [0.1, 0.15) is 23.6 Å². The number of nitriles is 1. The van der Waals surface area contributed by atoms with E-state index in [1.165, 1.54) is 0 Å². The number of nitrogens with zero attached hydrogens (tertiary/aromatic N) is 1. The molecule has 4 heteroatoms. The highest BCUT2D eigenvalue weighted by Crippen LogP contribution is 2.20. The van der Waals surface area contributed by atoms with Gasteiger partial charge in [-0.1, -0.05) is 11.6 Å². The molecule has 0 fully saturated rings. The average molecular weight is 238 g/mol. The first-order valence-corrected chi connectivity index (χ1v) is 5.31. The first-order chi connectivity index (χ1) is 7.58. The second-order valence-corrected chi connectivity index (χ2v) is 3.79. The van der Waals surface area contributed by atoms with Crippen molar-refractivity contribution in [3.05, 3.63) is 33.8 Å². The molecule has 1 aromatic carbocycles. The van der Waals surface area contributed by atoms with E-state index in [0.29, 0.717) is 22.8 Å². The maximum Gasteiger partial charge on any atom is 0.310 e. The summed E-state index contributed by atoms with van der Waals surface area (Å²) in [5.74, 6) is -0.347. The summed E-state index contributed by atoms with van der Waals surface area (Å²) >= 11 is 5.88. The monoisotopic (exact) mass is 237 g/mol. The summed E-state index contributed by atoms with van der Waals surface area (Å²) in [6, 6.07) is 5.40. The Labute approximate surface area is 99.6 Å². The van der Waals surface area contributed by atoms with E-state index >= 15 is 0 Å². The number of ether oxygens (including phenoxy) is 1. The zero-order valence-electron chi connectivity index (χ0n) is 9.21. The van der Waals surface area contributed by atoms with Gasteiger partial charge < -0.3 is 4.74 Å². The van der Waals surface area contributed by atoms with E-state index < -0.39 is 0 Å². The Morgan fingerprint density at radius 2 is 2.25 bits per heavy atom. The first kappa shape index (κ1) is 12.5. The van der Waals surface area contributed by atoms with Crippen LogP contribution in [-0.2, 0) is 16.0 Å². The summed E-state index contributed by atoms with van der Waals surface area (Å²) in [5, 5.41) is 9.51. The highest BCUT2D eigenvalue weighted by atomic mass is 35.5. The van der Waals surface area contributed by atoms with Gasteiger partial charge in [-0.2, -0.15) is 5.26 Å². The summed E-state index contributed by atoms with van der Waals surface area (Å²) in [5.41, 5.74) is 1.89. The van der Waals surface area contributed by atoms with E-state index in [1.54, 1.807) is 26.0 Å². The summed E-state index contributed by atoms with van der Waals surface area (Å²) in [4.78, 5) is 11.3. The number of hydrogen-bond donors (Lipinski definition) is 0. The predicted molar refractivity (Wildman–Crippen MR) is 61.2 cm³/mol. The molecule has 84 valence electrons. The van der Waals surface area contributed by atoms with Crippen LogP contribution in [0.4, 0.5) is 0 Å². The summed E-state index contributed by atoms with van der Waals surface area (Å²) < 4.78 is 4.83. The van der Waals surface area contributed by atoms with Gasteiger partial charge >= 0.3 is 5.97 Å². The lowest BCUT2D eigenvalue weighted by molar-refractivity contribution is -0.142. The van der Waals surface area contributed by atoms with Crippen LogP contribution < -0.4 is 0 Å². The van der Waals surface area contributed by atoms with Crippen LogP contribution in [0.15, 0.2) is 12.1 Å². The van der Waals surface area contributed by atoms with E-state index in [-0.39, 0.29) is 12.4 Å². The molecule has 0 unspecified atom stereocenters. The van der Waals surface area contributed by atoms with Crippen molar-refractivity contribution in [2.24, 2.45) is 0 Å². The molecule has 0 aromatic heterocycles. The minimum absolute atomic E-state index is 0.0815. The smallest absolute Gasteiger partial charge is 0.310 e. The number of benzene rings is 1. The van der Waals surface area contributed by atoms with Gasteiger partial charge in [-0.25, -0.2) is 0 Å². The molecule has 0 saturated heterocycles. The second kappa shape index (κ2) is 5.53. The Bertz CT molecular complexity index is 449. The summed E-state index contributed by atoms with van der Waals surface area (Å²) in [7, 11) is 0. The number of halogens is 1. The van der Waals surface area contributed by atoms with Crippen molar-refractivity contribution in [1.29, 1.82) is 5.26 Å². The molecule has 0 radical (unpaired) electrons. The molecule has 0 aliphatic carbocycles. The van der Waals surface area contributed by atoms with Crippen molar-refractivity contribution in [3.8, 4) is 6.07 Å². The minimum atomic E-state index is -0.347. The van der Waals surface area contributed by atoms with Crippen LogP contribution in [-0.4, -0.2) is 12.6 Å². The van der Waals surface area contributed by atoms with Crippen molar-refractivity contribution in [1.82, 2.24) is 0 Å². The fourth-order valence-corrected chi connectivity index (χ4v) is 1.77. The van der Waals surface area contributed by atoms with Gasteiger partial charge in [0, 0.05) is 5.02 Å². The third kappa shape index (κ3) is 2.98. The lowest BCUT2D eigenvalue weighted by Crippen LogP contribution is -2.09. The Balaban J connectivity index is 3.04. The van der Waals surface area contributed by atoms with Gasteiger partial charge in [0.25, 0.3) is 0 Å². The maximum absolute atomic E-state index is 11.3. The molecule has 0 saturated carbocycles. The number of carbonyl (C=O) groups excluding carboxylic acids is 1. The van der Waals surface area contributed by atoms with Gasteiger partial charge in [-0.15, -0.1) is 0 Å². The van der Waals surface area contributed by atoms with Crippen LogP contribution in [0.2, 0.25) is 5.02 Å². The minimum Gasteiger partial charge on any atom is -0.466 e. The van der Waals surface area contributed by atoms with E-state index in [9.17, 15) is 4.79 Å². The number of esters is 1. The molecular formula is C12H12ClNO2. The Hall–Kier alpha value is -1.53. The number of aryl methyl sites for hydroxylation is 1. The van der Waals surface area contributed by atoms with Gasteiger partial charge in [-0.05, 0) is 37.1 Å². The van der Waals surface area contributed by atoms with Crippen molar-refractivity contribution in [2.45, 2.75) is 20.3 Å². The van der Waals surface area contributed by atoms with Crippen molar-refractivity contribution in [3.63, 3.8) is 0 Å². The molecule has 0 aliphatic rings. The van der Waals surface area contributed by atoms with Gasteiger partial charge in [0.2, 0.25) is 0 Å². The predicted octanol–water partition coefficient (Wildman–Crippen LogP) is 2.63. The lowest BCUT2D eigenvalue weighted by atomic mass is 10.0. The molecular weight excluding hydrogens is 226 g/mol. The number of hydrogen-bond acceptors (Lipinski definition) is 3. The highest BCUT2D eigenvalue weighted by molar-refractivity contribution is 6.30. The fraction of sp³-hybridized carbons (Fsp3) is 0.333. The fourth-order valence-electron chi connectivity index (χ4n) is 1.48. The normalized spacial score (nSPS) is 9.62. The molecule has 0 aliphatic heterocycles. The first-order valence-electron chi connectivity index (χ1n) is 4.93. The zero-order chi connectivity index (χ0) is 12.1. The van der Waals surface area contributed by atoms with E-state index in [4.69, 9.17) is 21.6 Å². The topological polar surface area (TPSA) is 50.1 Å². The molecule has 0 amide bonds. The van der Waals surface area contributed by atoms with E-state index in [0.717, 1.165) is 5.56 Å². The molecule has 0 N–H and O–H groups in total. The van der Waals surface area contributed by atoms with Crippen molar-refractivity contribution in [2.75, 3.05) is 6.61 Å². The van der Waals surface area contributed by atoms with Crippen LogP contribution in [0.3, 0.4) is 0 Å². The molecule has 0 atom stereocenters. The summed E-state index contributed by atoms with van der Waals surface area (Å²) in [6.45, 7) is 3.87. The maximum atomic E-state index is 11.3. The van der Waals surface area contributed by atoms with Gasteiger partial charge in [0.1, 0.15) is 0 Å². The molecule has 1 aromatic rings. The molecule has 1 rings (SSSR count). The largest absolute Gasteiger partial charge is 0.466 e. The van der Waals surface area contributed by atoms with Crippen molar-refractivity contribution < 1.29 is 9.53 Å². The average Bonchev–Trinajstić information content (AvgIpc) is 2.17. The third-order valence-electron chi connectivity index (χ3n) is 2.13. The van der Waals surface area contributed by atoms with Crippen LogP contribution in [0, 0.1) is 18.3 Å². The molecule has 0 spiro atoms. The van der Waals surface area contributed by atoms with Crippen molar-refractivity contribution >= 4 is 17.6 Å². The van der Waals surface area contributed by atoms with Crippen LogP contribution in [0.5, 0.6) is 0 Å². The van der Waals surface area contributed by atoms with Crippen LogP contribution in [0.25, 0.3) is 0 Å². The molecule has 0 heterocycles. The van der Waals surface area contributed by atoms with E-state index in [1.807, 2.05) is 0 Å². The van der Waals surface area contributed by atoms with E-state index in [2.05, 4.69) is 6.07 Å². The molecule has 0 bridgehead atoms. The SMILES string of the molecule is CCOC(=O)Cc1cc(Cl)cc(C)c1C#N. The standard InChI is InChI=1S/C12H12ClNO2/c1-3-16-12(15)6-9-5-10(13)4-8(2)11(9)7-14/h4-5H,3,6H2,1-2H3. The highest BCUT2D eigenvalue weighted by Gasteiger charge is 2.11. The quantitative estimate of drug-likeness (QED) is 0.760. The van der Waals surface area contributed by atoms with Gasteiger partial charge in [0.15, 0.2) is 0 Å². The Morgan fingerprint density at radius 3 is 2.81 bits per heavy atom. The number of carbonyl (C=O) groups is 1. The Morgan fingerprint density at radius 1 is 1.56 bits per heavy atom. The second-order valence-electron chi connectivity index (χ2n) is 3.35. The van der Waals surface area contributed by atoms with Gasteiger partial charge in [-0.3, -0.25) is 4.79 Å². The lowest BCUT2D eigenvalue weighted by Gasteiger charge is -2.07. The summed E-state index contributed by atoms with van der Waals surface area (Å²) in [6.07, 6.45) is 0.0815. The third-order valence-corrected chi connectivity index (χ3v) is 2.35.